The minimum atomic E-state index is -1.30. The molecule has 1 aliphatic rings. The van der Waals surface area contributed by atoms with Gasteiger partial charge in [0.15, 0.2) is 11.9 Å². The number of hydrogen-bond acceptors (Lipinski definition) is 7. The third kappa shape index (κ3) is 6.60. The van der Waals surface area contributed by atoms with Crippen LogP contribution < -0.4 is 0 Å². The van der Waals surface area contributed by atoms with Crippen LogP contribution in [0, 0.1) is 6.08 Å². The van der Waals surface area contributed by atoms with E-state index in [0.29, 0.717) is 5.52 Å². The van der Waals surface area contributed by atoms with Gasteiger partial charge in [-0.3, -0.25) is 4.57 Å². The molecule has 1 saturated heterocycles. The number of ether oxygens (including phenoxy) is 3. The molecule has 0 saturated carbocycles. The SMILES string of the molecule is O[C@@H]1[C@H](OC(c2ccccc2)(c2ccccc2)c2ccccc2)[C@@H](COC(c2ccccc2)(c2ccccc2)c2ccccc2)O[C@H]1n1cnc2cnc(F)nc21. The van der Waals surface area contributed by atoms with Crippen molar-refractivity contribution in [3.8, 4) is 0 Å². The second-order valence-corrected chi connectivity index (χ2v) is 14.0. The van der Waals surface area contributed by atoms with Gasteiger partial charge >= 0.3 is 6.08 Å². The number of aliphatic hydroxyl groups excluding tert-OH is 1. The van der Waals surface area contributed by atoms with Gasteiger partial charge in [-0.15, -0.1) is 0 Å². The Balaban J connectivity index is 1.21. The van der Waals surface area contributed by atoms with Gasteiger partial charge in [0.1, 0.15) is 35.0 Å². The van der Waals surface area contributed by atoms with Gasteiger partial charge in [-0.05, 0) is 33.4 Å². The van der Waals surface area contributed by atoms with Crippen LogP contribution in [0.2, 0.25) is 0 Å². The highest BCUT2D eigenvalue weighted by molar-refractivity contribution is 5.69. The predicted molar refractivity (Wildman–Crippen MR) is 214 cm³/mol. The number of aromatic nitrogens is 4. The second kappa shape index (κ2) is 15.6. The van der Waals surface area contributed by atoms with Crippen molar-refractivity contribution in [3.63, 3.8) is 0 Å². The van der Waals surface area contributed by atoms with E-state index in [2.05, 4.69) is 51.4 Å². The van der Waals surface area contributed by atoms with Crippen LogP contribution in [-0.4, -0.2) is 49.5 Å². The fraction of sp³-hybridized carbons (Fsp3) is 0.146. The third-order valence-corrected chi connectivity index (χ3v) is 10.7. The maximum atomic E-state index is 14.5. The smallest absolute Gasteiger partial charge is 0.310 e. The van der Waals surface area contributed by atoms with Crippen LogP contribution in [0.1, 0.15) is 39.6 Å². The third-order valence-electron chi connectivity index (χ3n) is 10.7. The topological polar surface area (TPSA) is 91.5 Å². The Morgan fingerprint density at radius 2 is 0.982 bits per heavy atom. The first kappa shape index (κ1) is 36.3. The van der Waals surface area contributed by atoms with Gasteiger partial charge in [-0.2, -0.15) is 9.37 Å². The Morgan fingerprint density at radius 1 is 0.579 bits per heavy atom. The average molecular weight is 755 g/mol. The Bertz CT molecular complexity index is 2340. The van der Waals surface area contributed by atoms with Crippen molar-refractivity contribution < 1.29 is 23.7 Å². The standard InChI is InChI=1S/C48H39FN4O4/c49-46-50-31-40-44(52-46)53(33-51-40)45-42(54)43(57-48(37-25-13-4-14-26-37,38-27-15-5-16-28-38)39-29-17-6-18-30-39)41(56-45)32-55-47(34-19-7-1-8-20-34,35-21-9-2-10-22-35)36-23-11-3-12-24-36/h1-31,33,41-43,45,54H,32H2/t41-,42-,43-,45-/m1/s1. The van der Waals surface area contributed by atoms with E-state index in [9.17, 15) is 9.50 Å². The Morgan fingerprint density at radius 3 is 1.40 bits per heavy atom. The van der Waals surface area contributed by atoms with Crippen LogP contribution in [0.3, 0.4) is 0 Å². The normalized spacial score (nSPS) is 18.5. The number of fused-ring (bicyclic) bond motifs is 1. The van der Waals surface area contributed by atoms with E-state index in [-0.39, 0.29) is 12.3 Å². The Hall–Kier alpha value is -6.36. The average Bonchev–Trinajstić information content (AvgIpc) is 3.83. The molecule has 0 spiro atoms. The van der Waals surface area contributed by atoms with Crippen molar-refractivity contribution in [2.24, 2.45) is 0 Å². The van der Waals surface area contributed by atoms with Crippen molar-refractivity contribution >= 4 is 11.2 Å². The molecule has 1 aliphatic heterocycles. The molecule has 282 valence electrons. The van der Waals surface area contributed by atoms with Gasteiger partial charge in [-0.1, -0.05) is 182 Å². The summed E-state index contributed by atoms with van der Waals surface area (Å²) in [5.41, 5.74) is 3.53. The number of halogens is 1. The number of rotatable bonds is 12. The molecule has 4 atom stereocenters. The highest BCUT2D eigenvalue weighted by Crippen LogP contribution is 2.47. The fourth-order valence-electron chi connectivity index (χ4n) is 8.12. The Kier molecular flexibility index (Phi) is 9.96. The van der Waals surface area contributed by atoms with Crippen LogP contribution in [0.25, 0.3) is 11.2 Å². The van der Waals surface area contributed by atoms with Gasteiger partial charge < -0.3 is 19.3 Å². The van der Waals surface area contributed by atoms with E-state index in [1.807, 2.05) is 146 Å². The number of nitrogens with zero attached hydrogens (tertiary/aromatic N) is 4. The molecule has 1 fully saturated rings. The summed E-state index contributed by atoms with van der Waals surface area (Å²) in [5, 5.41) is 12.6. The van der Waals surface area contributed by atoms with Gasteiger partial charge in [0.2, 0.25) is 0 Å². The van der Waals surface area contributed by atoms with E-state index in [4.69, 9.17) is 14.2 Å². The largest absolute Gasteiger partial charge is 0.386 e. The summed E-state index contributed by atoms with van der Waals surface area (Å²) >= 11 is 0. The summed E-state index contributed by atoms with van der Waals surface area (Å²) < 4.78 is 37.8. The van der Waals surface area contributed by atoms with E-state index >= 15 is 0 Å². The molecule has 57 heavy (non-hydrogen) atoms. The quantitative estimate of drug-likeness (QED) is 0.0987. The summed E-state index contributed by atoms with van der Waals surface area (Å²) in [7, 11) is 0. The van der Waals surface area contributed by atoms with Crippen LogP contribution in [0.4, 0.5) is 4.39 Å². The first-order valence-electron chi connectivity index (χ1n) is 18.9. The molecule has 2 aromatic heterocycles. The molecule has 9 heteroatoms. The highest BCUT2D eigenvalue weighted by Gasteiger charge is 2.52. The molecule has 8 aromatic rings. The van der Waals surface area contributed by atoms with Crippen molar-refractivity contribution in [3.05, 3.63) is 234 Å². The zero-order chi connectivity index (χ0) is 38.7. The molecular formula is C48H39FN4O4. The predicted octanol–water partition coefficient (Wildman–Crippen LogP) is 8.61. The summed E-state index contributed by atoms with van der Waals surface area (Å²) in [6.45, 7) is -0.0265. The molecule has 8 nitrogen and oxygen atoms in total. The summed E-state index contributed by atoms with van der Waals surface area (Å²) in [6, 6.07) is 60.2. The van der Waals surface area contributed by atoms with Crippen molar-refractivity contribution in [2.45, 2.75) is 35.7 Å². The highest BCUT2D eigenvalue weighted by atomic mass is 19.1. The minimum Gasteiger partial charge on any atom is -0.386 e. The molecule has 0 radical (unpaired) electrons. The number of benzene rings is 6. The van der Waals surface area contributed by atoms with E-state index in [0.717, 1.165) is 33.4 Å². The molecule has 9 rings (SSSR count). The van der Waals surface area contributed by atoms with Gasteiger partial charge in [0.25, 0.3) is 0 Å². The van der Waals surface area contributed by atoms with Crippen LogP contribution in [-0.2, 0) is 25.4 Å². The second-order valence-electron chi connectivity index (χ2n) is 14.0. The molecule has 6 aromatic carbocycles. The lowest BCUT2D eigenvalue weighted by atomic mass is 9.79. The van der Waals surface area contributed by atoms with Crippen molar-refractivity contribution in [1.29, 1.82) is 0 Å². The summed E-state index contributed by atoms with van der Waals surface area (Å²) in [5.74, 6) is 0. The minimum absolute atomic E-state index is 0.0265. The summed E-state index contributed by atoms with van der Waals surface area (Å²) in [6.07, 6.45) is -2.40. The number of aliphatic hydroxyl groups is 1. The van der Waals surface area contributed by atoms with Crippen molar-refractivity contribution in [2.75, 3.05) is 6.61 Å². The van der Waals surface area contributed by atoms with Crippen LogP contribution in [0.15, 0.2) is 195 Å². The van der Waals surface area contributed by atoms with Gasteiger partial charge in [-0.25, -0.2) is 9.97 Å². The molecule has 0 amide bonds. The summed E-state index contributed by atoms with van der Waals surface area (Å²) in [4.78, 5) is 12.2. The van der Waals surface area contributed by atoms with Crippen LogP contribution >= 0.6 is 0 Å². The monoisotopic (exact) mass is 754 g/mol. The maximum absolute atomic E-state index is 14.5. The van der Waals surface area contributed by atoms with E-state index in [1.54, 1.807) is 0 Å². The molecule has 0 aliphatic carbocycles. The molecular weight excluding hydrogens is 716 g/mol. The molecule has 0 unspecified atom stereocenters. The zero-order valence-electron chi connectivity index (χ0n) is 30.8. The number of imidazole rings is 1. The van der Waals surface area contributed by atoms with Crippen molar-refractivity contribution in [1.82, 2.24) is 19.5 Å². The molecule has 0 bridgehead atoms. The first-order chi connectivity index (χ1) is 28.1. The first-order valence-corrected chi connectivity index (χ1v) is 18.9. The lowest BCUT2D eigenvalue weighted by molar-refractivity contribution is -0.131. The van der Waals surface area contributed by atoms with Crippen LogP contribution in [0.5, 0.6) is 0 Å². The molecule has 1 N–H and O–H groups in total. The zero-order valence-corrected chi connectivity index (χ0v) is 30.8. The Labute approximate surface area is 329 Å². The van der Waals surface area contributed by atoms with E-state index < -0.39 is 41.8 Å². The van der Waals surface area contributed by atoms with E-state index in [1.165, 1.54) is 17.1 Å². The van der Waals surface area contributed by atoms with Gasteiger partial charge in [0, 0.05) is 0 Å². The fourth-order valence-corrected chi connectivity index (χ4v) is 8.12. The molecule has 3 heterocycles. The maximum Gasteiger partial charge on any atom is 0.310 e. The lowest BCUT2D eigenvalue weighted by Crippen LogP contribution is -2.46. The van der Waals surface area contributed by atoms with Gasteiger partial charge in [0.05, 0.1) is 19.1 Å². The number of hydrogen-bond donors (Lipinski definition) is 1. The lowest BCUT2D eigenvalue weighted by Gasteiger charge is -2.41.